The number of nitrogens with one attached hydrogen (secondary N) is 2. The van der Waals surface area contributed by atoms with Gasteiger partial charge in [-0.05, 0) is 35.7 Å². The van der Waals surface area contributed by atoms with Gasteiger partial charge >= 0.3 is 12.2 Å². The Labute approximate surface area is 144 Å². The topological polar surface area (TPSA) is 50.4 Å². The van der Waals surface area contributed by atoms with Crippen molar-refractivity contribution in [2.24, 2.45) is 0 Å². The number of urea groups is 1. The van der Waals surface area contributed by atoms with E-state index in [0.717, 1.165) is 11.1 Å². The maximum absolute atomic E-state index is 12.2. The van der Waals surface area contributed by atoms with Crippen molar-refractivity contribution in [1.82, 2.24) is 10.6 Å². The average Bonchev–Trinajstić information content (AvgIpc) is 2.57. The van der Waals surface area contributed by atoms with Crippen LogP contribution in [0.4, 0.5) is 18.0 Å². The molecule has 0 saturated carbocycles. The second-order valence-corrected chi connectivity index (χ2v) is 5.51. The van der Waals surface area contributed by atoms with Gasteiger partial charge in [-0.15, -0.1) is 0 Å². The summed E-state index contributed by atoms with van der Waals surface area (Å²) in [4.78, 5) is 11.8. The number of aryl methyl sites for hydroxylation is 1. The first-order valence-electron chi connectivity index (χ1n) is 7.68. The molecule has 0 atom stereocenters. The number of carbonyl (C=O) groups excluding carboxylic acids is 1. The highest BCUT2D eigenvalue weighted by Crippen LogP contribution is 2.19. The Morgan fingerprint density at radius 1 is 1.04 bits per heavy atom. The molecular formula is C18H19F3N2O2. The lowest BCUT2D eigenvalue weighted by Gasteiger charge is -2.11. The van der Waals surface area contributed by atoms with Crippen LogP contribution in [0.1, 0.15) is 16.7 Å². The first-order chi connectivity index (χ1) is 11.8. The fraction of sp³-hybridized carbons (Fsp3) is 0.278. The van der Waals surface area contributed by atoms with Crippen LogP contribution in [0, 0.1) is 6.92 Å². The number of benzene rings is 2. The number of hydrogen-bond acceptors (Lipinski definition) is 2. The van der Waals surface area contributed by atoms with Gasteiger partial charge in [0.25, 0.3) is 0 Å². The molecule has 0 aromatic heterocycles. The minimum atomic E-state index is -4.39. The van der Waals surface area contributed by atoms with Crippen LogP contribution in [0.3, 0.4) is 0 Å². The number of ether oxygens (including phenoxy) is 1. The SMILES string of the molecule is Cc1ccccc1CNC(=O)NCc1cccc(OCC(F)(F)F)c1. The molecule has 0 radical (unpaired) electrons. The molecule has 0 aliphatic carbocycles. The van der Waals surface area contributed by atoms with Crippen molar-refractivity contribution in [3.8, 4) is 5.75 Å². The molecule has 2 amide bonds. The lowest BCUT2D eigenvalue weighted by Crippen LogP contribution is -2.34. The first kappa shape index (κ1) is 18.6. The summed E-state index contributed by atoms with van der Waals surface area (Å²) in [5.74, 6) is 0.108. The summed E-state index contributed by atoms with van der Waals surface area (Å²) in [6.07, 6.45) is -4.39. The van der Waals surface area contributed by atoms with Crippen LogP contribution in [-0.4, -0.2) is 18.8 Å². The van der Waals surface area contributed by atoms with E-state index in [-0.39, 0.29) is 18.3 Å². The van der Waals surface area contributed by atoms with Gasteiger partial charge in [-0.25, -0.2) is 4.79 Å². The Kier molecular flexibility index (Phi) is 6.27. The summed E-state index contributed by atoms with van der Waals surface area (Å²) >= 11 is 0. The second-order valence-electron chi connectivity index (χ2n) is 5.51. The Hall–Kier alpha value is -2.70. The van der Waals surface area contributed by atoms with Crippen LogP contribution >= 0.6 is 0 Å². The normalized spacial score (nSPS) is 11.0. The monoisotopic (exact) mass is 352 g/mol. The van der Waals surface area contributed by atoms with E-state index in [1.54, 1.807) is 12.1 Å². The van der Waals surface area contributed by atoms with Crippen LogP contribution < -0.4 is 15.4 Å². The molecule has 2 N–H and O–H groups in total. The zero-order valence-electron chi connectivity index (χ0n) is 13.7. The van der Waals surface area contributed by atoms with Gasteiger partial charge in [-0.3, -0.25) is 0 Å². The molecule has 0 spiro atoms. The molecule has 0 aliphatic heterocycles. The van der Waals surface area contributed by atoms with Crippen molar-refractivity contribution >= 4 is 6.03 Å². The van der Waals surface area contributed by atoms with Crippen molar-refractivity contribution in [2.45, 2.75) is 26.2 Å². The van der Waals surface area contributed by atoms with Crippen LogP contribution in [0.5, 0.6) is 5.75 Å². The quantitative estimate of drug-likeness (QED) is 0.827. The molecule has 2 rings (SSSR count). The molecule has 2 aromatic rings. The number of hydrogen-bond donors (Lipinski definition) is 2. The van der Waals surface area contributed by atoms with Crippen LogP contribution in [0.2, 0.25) is 0 Å². The largest absolute Gasteiger partial charge is 0.484 e. The summed E-state index contributed by atoms with van der Waals surface area (Å²) in [6, 6.07) is 13.5. The zero-order chi connectivity index (χ0) is 18.3. The molecule has 25 heavy (non-hydrogen) atoms. The fourth-order valence-corrected chi connectivity index (χ4v) is 2.14. The smallest absolute Gasteiger partial charge is 0.422 e. The van der Waals surface area contributed by atoms with Crippen LogP contribution in [0.25, 0.3) is 0 Å². The summed E-state index contributed by atoms with van der Waals surface area (Å²) < 4.78 is 41.2. The van der Waals surface area contributed by atoms with E-state index in [4.69, 9.17) is 0 Å². The Morgan fingerprint density at radius 3 is 2.48 bits per heavy atom. The van der Waals surface area contributed by atoms with Crippen molar-refractivity contribution in [2.75, 3.05) is 6.61 Å². The number of alkyl halides is 3. The Morgan fingerprint density at radius 2 is 1.76 bits per heavy atom. The Bertz CT molecular complexity index is 717. The third-order valence-corrected chi connectivity index (χ3v) is 3.45. The highest BCUT2D eigenvalue weighted by molar-refractivity contribution is 5.73. The fourth-order valence-electron chi connectivity index (χ4n) is 2.14. The predicted molar refractivity (Wildman–Crippen MR) is 88.2 cm³/mol. The lowest BCUT2D eigenvalue weighted by atomic mass is 10.1. The molecule has 0 saturated heterocycles. The summed E-state index contributed by atoms with van der Waals surface area (Å²) in [6.45, 7) is 1.19. The summed E-state index contributed by atoms with van der Waals surface area (Å²) in [5, 5.41) is 5.40. The summed E-state index contributed by atoms with van der Waals surface area (Å²) in [7, 11) is 0. The molecule has 0 aliphatic rings. The van der Waals surface area contributed by atoms with E-state index in [1.165, 1.54) is 12.1 Å². The van der Waals surface area contributed by atoms with Crippen molar-refractivity contribution in [3.05, 3.63) is 65.2 Å². The molecule has 7 heteroatoms. The van der Waals surface area contributed by atoms with E-state index in [0.29, 0.717) is 12.1 Å². The third-order valence-electron chi connectivity index (χ3n) is 3.45. The highest BCUT2D eigenvalue weighted by atomic mass is 19.4. The minimum absolute atomic E-state index is 0.108. The van der Waals surface area contributed by atoms with Gasteiger partial charge in [0.2, 0.25) is 0 Å². The van der Waals surface area contributed by atoms with Gasteiger partial charge in [0.15, 0.2) is 6.61 Å². The van der Waals surface area contributed by atoms with E-state index in [2.05, 4.69) is 15.4 Å². The predicted octanol–water partition coefficient (Wildman–Crippen LogP) is 3.94. The molecular weight excluding hydrogens is 333 g/mol. The van der Waals surface area contributed by atoms with Crippen LogP contribution in [0.15, 0.2) is 48.5 Å². The lowest BCUT2D eigenvalue weighted by molar-refractivity contribution is -0.153. The van der Waals surface area contributed by atoms with E-state index in [9.17, 15) is 18.0 Å². The van der Waals surface area contributed by atoms with Gasteiger partial charge < -0.3 is 15.4 Å². The number of rotatable bonds is 6. The summed E-state index contributed by atoms with van der Waals surface area (Å²) in [5.41, 5.74) is 2.74. The number of carbonyl (C=O) groups is 1. The average molecular weight is 352 g/mol. The minimum Gasteiger partial charge on any atom is -0.484 e. The molecule has 134 valence electrons. The molecule has 2 aromatic carbocycles. The number of halogens is 3. The van der Waals surface area contributed by atoms with Crippen molar-refractivity contribution < 1.29 is 22.7 Å². The molecule has 4 nitrogen and oxygen atoms in total. The Balaban J connectivity index is 1.80. The molecule has 0 unspecified atom stereocenters. The van der Waals surface area contributed by atoms with Crippen LogP contribution in [-0.2, 0) is 13.1 Å². The van der Waals surface area contributed by atoms with Gasteiger partial charge in [0.1, 0.15) is 5.75 Å². The molecule has 0 bridgehead atoms. The van der Waals surface area contributed by atoms with Crippen molar-refractivity contribution in [3.63, 3.8) is 0 Å². The second kappa shape index (κ2) is 8.41. The first-order valence-corrected chi connectivity index (χ1v) is 7.68. The van der Waals surface area contributed by atoms with E-state index in [1.807, 2.05) is 31.2 Å². The van der Waals surface area contributed by atoms with Gasteiger partial charge in [0, 0.05) is 13.1 Å². The van der Waals surface area contributed by atoms with E-state index < -0.39 is 12.8 Å². The maximum atomic E-state index is 12.2. The van der Waals surface area contributed by atoms with E-state index >= 15 is 0 Å². The maximum Gasteiger partial charge on any atom is 0.422 e. The van der Waals surface area contributed by atoms with Gasteiger partial charge in [-0.1, -0.05) is 36.4 Å². The highest BCUT2D eigenvalue weighted by Gasteiger charge is 2.28. The molecule has 0 fully saturated rings. The zero-order valence-corrected chi connectivity index (χ0v) is 13.7. The van der Waals surface area contributed by atoms with Gasteiger partial charge in [0.05, 0.1) is 0 Å². The third kappa shape index (κ3) is 6.74. The van der Waals surface area contributed by atoms with Gasteiger partial charge in [-0.2, -0.15) is 13.2 Å². The standard InChI is InChI=1S/C18H19F3N2O2/c1-13-5-2-3-7-15(13)11-23-17(24)22-10-14-6-4-8-16(9-14)25-12-18(19,20)21/h2-9H,10-12H2,1H3,(H2,22,23,24). The molecule has 0 heterocycles. The number of amides is 2. The van der Waals surface area contributed by atoms with Crippen molar-refractivity contribution in [1.29, 1.82) is 0 Å².